The monoisotopic (exact) mass is 269 g/mol. The summed E-state index contributed by atoms with van der Waals surface area (Å²) in [6.45, 7) is 2.14. The predicted molar refractivity (Wildman–Crippen MR) is 70.8 cm³/mol. The third-order valence-electron chi connectivity index (χ3n) is 3.82. The maximum Gasteiger partial charge on any atom is 0.159 e. The maximum absolute atomic E-state index is 13.2. The van der Waals surface area contributed by atoms with Gasteiger partial charge in [0, 0.05) is 12.1 Å². The van der Waals surface area contributed by atoms with E-state index in [2.05, 4.69) is 12.2 Å². The van der Waals surface area contributed by atoms with E-state index in [0.717, 1.165) is 44.2 Å². The minimum atomic E-state index is -0.905. The van der Waals surface area contributed by atoms with Gasteiger partial charge < -0.3 is 10.4 Å². The molecule has 0 amide bonds. The van der Waals surface area contributed by atoms with Gasteiger partial charge in [-0.25, -0.2) is 8.78 Å². The van der Waals surface area contributed by atoms with Crippen LogP contribution in [0.5, 0.6) is 0 Å². The molecule has 0 spiro atoms. The van der Waals surface area contributed by atoms with Crippen LogP contribution in [0, 0.1) is 11.6 Å². The van der Waals surface area contributed by atoms with Gasteiger partial charge in [-0.2, -0.15) is 0 Å². The quantitative estimate of drug-likeness (QED) is 0.879. The van der Waals surface area contributed by atoms with Crippen molar-refractivity contribution in [2.45, 2.75) is 57.2 Å². The van der Waals surface area contributed by atoms with E-state index < -0.39 is 17.7 Å². The van der Waals surface area contributed by atoms with Crippen LogP contribution < -0.4 is 5.32 Å². The Balaban J connectivity index is 2.05. The summed E-state index contributed by atoms with van der Waals surface area (Å²) in [6, 6.07) is 3.96. The van der Waals surface area contributed by atoms with Crippen LogP contribution in [-0.4, -0.2) is 17.2 Å². The molecule has 19 heavy (non-hydrogen) atoms. The van der Waals surface area contributed by atoms with E-state index in [1.54, 1.807) is 0 Å². The summed E-state index contributed by atoms with van der Waals surface area (Å²) in [5, 5.41) is 13.7. The molecule has 4 heteroatoms. The van der Waals surface area contributed by atoms with Gasteiger partial charge in [0.25, 0.3) is 0 Å². The molecule has 0 radical (unpaired) electrons. The normalized spacial score (nSPS) is 25.3. The summed E-state index contributed by atoms with van der Waals surface area (Å²) in [7, 11) is 0. The van der Waals surface area contributed by atoms with Crippen LogP contribution in [-0.2, 0) is 0 Å². The molecule has 1 aromatic carbocycles. The fourth-order valence-electron chi connectivity index (χ4n) is 2.81. The van der Waals surface area contributed by atoms with Gasteiger partial charge in [0.2, 0.25) is 0 Å². The number of hydrogen-bond acceptors (Lipinski definition) is 2. The van der Waals surface area contributed by atoms with Crippen LogP contribution in [0.25, 0.3) is 0 Å². The van der Waals surface area contributed by atoms with E-state index in [1.165, 1.54) is 6.07 Å². The number of benzene rings is 1. The van der Waals surface area contributed by atoms with Gasteiger partial charge in [0.15, 0.2) is 11.6 Å². The number of aliphatic hydroxyl groups excluding tert-OH is 1. The Kier molecular flexibility index (Phi) is 4.88. The summed E-state index contributed by atoms with van der Waals surface area (Å²) in [6.07, 6.45) is 4.44. The van der Waals surface area contributed by atoms with Crippen molar-refractivity contribution in [1.82, 2.24) is 5.32 Å². The highest BCUT2D eigenvalue weighted by molar-refractivity contribution is 5.21. The van der Waals surface area contributed by atoms with E-state index >= 15 is 0 Å². The van der Waals surface area contributed by atoms with E-state index in [-0.39, 0.29) is 6.04 Å². The van der Waals surface area contributed by atoms with Crippen LogP contribution in [0.15, 0.2) is 18.2 Å². The molecule has 0 unspecified atom stereocenters. The van der Waals surface area contributed by atoms with Crippen molar-refractivity contribution in [1.29, 1.82) is 0 Å². The van der Waals surface area contributed by atoms with E-state index in [9.17, 15) is 13.9 Å². The summed E-state index contributed by atoms with van der Waals surface area (Å²) in [4.78, 5) is 0. The van der Waals surface area contributed by atoms with Gasteiger partial charge >= 0.3 is 0 Å². The second-order valence-corrected chi connectivity index (χ2v) is 5.31. The van der Waals surface area contributed by atoms with Gasteiger partial charge in [0.05, 0.1) is 6.10 Å². The molecular weight excluding hydrogens is 248 g/mol. The molecule has 1 fully saturated rings. The number of piperidine rings is 1. The first-order chi connectivity index (χ1) is 9.11. The third-order valence-corrected chi connectivity index (χ3v) is 3.82. The zero-order chi connectivity index (χ0) is 13.8. The standard InChI is InChI=1S/C15H21F2NO/c1-2-4-11-5-3-6-14(18-11)15(19)10-7-8-12(16)13(17)9-10/h7-9,11,14-15,18-19H,2-6H2,1H3/t11-,14+,15-/m0/s1. The molecule has 0 saturated carbocycles. The van der Waals surface area contributed by atoms with Crippen LogP contribution in [0.2, 0.25) is 0 Å². The molecule has 0 aromatic heterocycles. The third kappa shape index (κ3) is 3.51. The Morgan fingerprint density at radius 3 is 2.79 bits per heavy atom. The zero-order valence-electron chi connectivity index (χ0n) is 11.2. The first kappa shape index (κ1) is 14.4. The molecule has 1 aliphatic rings. The maximum atomic E-state index is 13.2. The minimum Gasteiger partial charge on any atom is -0.387 e. The van der Waals surface area contributed by atoms with E-state index in [4.69, 9.17) is 0 Å². The molecule has 2 rings (SSSR count). The SMILES string of the molecule is CCC[C@H]1CCC[C@H]([C@@H](O)c2ccc(F)c(F)c2)N1. The Morgan fingerprint density at radius 2 is 2.11 bits per heavy atom. The van der Waals surface area contributed by atoms with E-state index in [0.29, 0.717) is 11.6 Å². The largest absolute Gasteiger partial charge is 0.387 e. The number of nitrogens with one attached hydrogen (secondary N) is 1. The van der Waals surface area contributed by atoms with Gasteiger partial charge in [0.1, 0.15) is 0 Å². The van der Waals surface area contributed by atoms with Crippen LogP contribution >= 0.6 is 0 Å². The summed E-state index contributed by atoms with van der Waals surface area (Å²) >= 11 is 0. The topological polar surface area (TPSA) is 32.3 Å². The Labute approximate surface area is 112 Å². The first-order valence-corrected chi connectivity index (χ1v) is 7.01. The van der Waals surface area contributed by atoms with Gasteiger partial charge in [-0.3, -0.25) is 0 Å². The van der Waals surface area contributed by atoms with Crippen molar-refractivity contribution in [3.63, 3.8) is 0 Å². The molecule has 0 aliphatic carbocycles. The average molecular weight is 269 g/mol. The molecule has 106 valence electrons. The lowest BCUT2D eigenvalue weighted by molar-refractivity contribution is 0.0994. The van der Waals surface area contributed by atoms with Gasteiger partial charge in [-0.05, 0) is 37.0 Å². The number of rotatable bonds is 4. The van der Waals surface area contributed by atoms with Crippen LogP contribution in [0.4, 0.5) is 8.78 Å². The smallest absolute Gasteiger partial charge is 0.159 e. The highest BCUT2D eigenvalue weighted by Crippen LogP contribution is 2.26. The second-order valence-electron chi connectivity index (χ2n) is 5.31. The molecule has 1 saturated heterocycles. The molecule has 1 heterocycles. The average Bonchev–Trinajstić information content (AvgIpc) is 2.42. The van der Waals surface area contributed by atoms with Crippen molar-refractivity contribution >= 4 is 0 Å². The molecule has 2 N–H and O–H groups in total. The number of hydrogen-bond donors (Lipinski definition) is 2. The number of aliphatic hydroxyl groups is 1. The molecule has 1 aliphatic heterocycles. The lowest BCUT2D eigenvalue weighted by Gasteiger charge is -2.34. The second kappa shape index (κ2) is 6.44. The predicted octanol–water partition coefficient (Wildman–Crippen LogP) is 3.31. The fraction of sp³-hybridized carbons (Fsp3) is 0.600. The van der Waals surface area contributed by atoms with Crippen molar-refractivity contribution in [3.8, 4) is 0 Å². The Hall–Kier alpha value is -1.00. The molecule has 2 nitrogen and oxygen atoms in total. The van der Waals surface area contributed by atoms with Crippen molar-refractivity contribution < 1.29 is 13.9 Å². The Morgan fingerprint density at radius 1 is 1.32 bits per heavy atom. The fourth-order valence-corrected chi connectivity index (χ4v) is 2.81. The molecular formula is C15H21F2NO. The zero-order valence-corrected chi connectivity index (χ0v) is 11.2. The molecule has 3 atom stereocenters. The lowest BCUT2D eigenvalue weighted by Crippen LogP contribution is -2.45. The highest BCUT2D eigenvalue weighted by atomic mass is 19.2. The summed E-state index contributed by atoms with van der Waals surface area (Å²) in [5.74, 6) is -1.78. The van der Waals surface area contributed by atoms with Crippen molar-refractivity contribution in [2.75, 3.05) is 0 Å². The summed E-state index contributed by atoms with van der Waals surface area (Å²) in [5.41, 5.74) is 0.438. The van der Waals surface area contributed by atoms with Gasteiger partial charge in [-0.1, -0.05) is 25.8 Å². The van der Waals surface area contributed by atoms with Crippen LogP contribution in [0.1, 0.15) is 50.7 Å². The van der Waals surface area contributed by atoms with Crippen molar-refractivity contribution in [2.24, 2.45) is 0 Å². The first-order valence-electron chi connectivity index (χ1n) is 7.01. The van der Waals surface area contributed by atoms with Crippen LogP contribution in [0.3, 0.4) is 0 Å². The lowest BCUT2D eigenvalue weighted by atomic mass is 9.90. The summed E-state index contributed by atoms with van der Waals surface area (Å²) < 4.78 is 26.1. The highest BCUT2D eigenvalue weighted by Gasteiger charge is 2.27. The van der Waals surface area contributed by atoms with Crippen molar-refractivity contribution in [3.05, 3.63) is 35.4 Å². The molecule has 1 aromatic rings. The number of halogens is 2. The molecule has 0 bridgehead atoms. The minimum absolute atomic E-state index is 0.0739. The van der Waals surface area contributed by atoms with E-state index in [1.807, 2.05) is 0 Å². The Bertz CT molecular complexity index is 423. The van der Waals surface area contributed by atoms with Gasteiger partial charge in [-0.15, -0.1) is 0 Å².